The number of nitrogens with one attached hydrogen (secondary N) is 1. The highest BCUT2D eigenvalue weighted by atomic mass is 32.2. The molecule has 1 heterocycles. The SMILES string of the molecule is CCNc1ccc(C#N)cc1N=C1S/C(=C(\C)N(C)c2ccc(OCCOC)cc2S)C(=O)N1Cc1ccccc1. The number of hydrogen-bond acceptors (Lipinski definition) is 9. The molecule has 41 heavy (non-hydrogen) atoms. The molecular weight excluding hydrogens is 555 g/mol. The Morgan fingerprint density at radius 2 is 1.93 bits per heavy atom. The fourth-order valence-electron chi connectivity index (χ4n) is 4.21. The van der Waals surface area contributed by atoms with Crippen LogP contribution in [-0.2, 0) is 16.1 Å². The number of nitriles is 1. The van der Waals surface area contributed by atoms with Gasteiger partial charge < -0.3 is 19.7 Å². The highest BCUT2D eigenvalue weighted by molar-refractivity contribution is 8.18. The fourth-order valence-corrected chi connectivity index (χ4v) is 5.62. The van der Waals surface area contributed by atoms with Gasteiger partial charge in [-0.2, -0.15) is 5.26 Å². The molecule has 0 radical (unpaired) electrons. The summed E-state index contributed by atoms with van der Waals surface area (Å²) in [6, 6.07) is 23.0. The summed E-state index contributed by atoms with van der Waals surface area (Å²) in [5.74, 6) is 0.559. The van der Waals surface area contributed by atoms with Gasteiger partial charge >= 0.3 is 0 Å². The molecule has 1 fully saturated rings. The van der Waals surface area contributed by atoms with Gasteiger partial charge in [0.25, 0.3) is 5.91 Å². The van der Waals surface area contributed by atoms with E-state index in [0.29, 0.717) is 53.4 Å². The summed E-state index contributed by atoms with van der Waals surface area (Å²) >= 11 is 6.02. The van der Waals surface area contributed by atoms with Crippen molar-refractivity contribution < 1.29 is 14.3 Å². The number of carbonyl (C=O) groups is 1. The van der Waals surface area contributed by atoms with Crippen LogP contribution in [0.3, 0.4) is 0 Å². The van der Waals surface area contributed by atoms with Crippen molar-refractivity contribution in [3.05, 3.63) is 88.5 Å². The average Bonchev–Trinajstić information content (AvgIpc) is 3.28. The number of nitrogens with zero attached hydrogens (tertiary/aromatic N) is 4. The van der Waals surface area contributed by atoms with E-state index in [0.717, 1.165) is 27.5 Å². The first-order valence-corrected chi connectivity index (χ1v) is 14.4. The van der Waals surface area contributed by atoms with Gasteiger partial charge in [0.15, 0.2) is 5.17 Å². The number of allylic oxidation sites excluding steroid dienone is 1. The molecule has 3 aromatic carbocycles. The number of rotatable bonds is 11. The Balaban J connectivity index is 1.72. The topological polar surface area (TPSA) is 90.2 Å². The lowest BCUT2D eigenvalue weighted by atomic mass is 10.2. The number of aliphatic imine (C=N–C) groups is 1. The standard InChI is InChI=1S/C31H33N5O3S2/c1-5-33-25-13-11-23(19-32)17-26(25)34-31-36(20-22-9-7-6-8-10-22)30(37)29(41-31)21(2)35(3)27-14-12-24(18-28(27)40)39-16-15-38-4/h6-14,17-18,33,40H,5,15-16,20H2,1-4H3/b29-21+,34-31?. The van der Waals surface area contributed by atoms with Gasteiger partial charge in [-0.1, -0.05) is 30.3 Å². The summed E-state index contributed by atoms with van der Waals surface area (Å²) in [6.45, 7) is 5.92. The van der Waals surface area contributed by atoms with E-state index in [1.807, 2.05) is 80.4 Å². The van der Waals surface area contributed by atoms with Gasteiger partial charge in [-0.15, -0.1) is 12.6 Å². The third-order valence-electron chi connectivity index (χ3n) is 6.45. The van der Waals surface area contributed by atoms with Crippen LogP contribution >= 0.6 is 24.4 Å². The minimum atomic E-state index is -0.136. The van der Waals surface area contributed by atoms with Gasteiger partial charge in [-0.05, 0) is 67.6 Å². The zero-order valence-corrected chi connectivity index (χ0v) is 25.3. The van der Waals surface area contributed by atoms with E-state index in [1.165, 1.54) is 11.8 Å². The zero-order valence-electron chi connectivity index (χ0n) is 23.5. The number of hydrogen-bond donors (Lipinski definition) is 2. The Labute approximate surface area is 251 Å². The largest absolute Gasteiger partial charge is 0.491 e. The van der Waals surface area contributed by atoms with E-state index in [2.05, 4.69) is 11.4 Å². The Morgan fingerprint density at radius 3 is 2.61 bits per heavy atom. The van der Waals surface area contributed by atoms with Crippen LogP contribution in [0, 0.1) is 11.3 Å². The van der Waals surface area contributed by atoms with Crippen molar-refractivity contribution in [1.29, 1.82) is 5.26 Å². The number of amidine groups is 1. The number of ether oxygens (including phenoxy) is 2. The molecule has 212 valence electrons. The molecule has 1 N–H and O–H groups in total. The monoisotopic (exact) mass is 587 g/mol. The van der Waals surface area contributed by atoms with Gasteiger partial charge in [-0.3, -0.25) is 9.69 Å². The minimum absolute atomic E-state index is 0.136. The van der Waals surface area contributed by atoms with Crippen molar-refractivity contribution in [2.45, 2.75) is 25.3 Å². The number of carbonyl (C=O) groups excluding carboxylic acids is 1. The molecule has 0 unspecified atom stereocenters. The summed E-state index contributed by atoms with van der Waals surface area (Å²) in [4.78, 5) is 23.8. The molecular formula is C31H33N5O3S2. The first-order valence-electron chi connectivity index (χ1n) is 13.2. The molecule has 1 saturated heterocycles. The number of amides is 1. The van der Waals surface area contributed by atoms with Crippen LogP contribution in [0.25, 0.3) is 0 Å². The van der Waals surface area contributed by atoms with Gasteiger partial charge in [0.1, 0.15) is 12.4 Å². The molecule has 0 bridgehead atoms. The highest BCUT2D eigenvalue weighted by Gasteiger charge is 2.36. The van der Waals surface area contributed by atoms with Crippen molar-refractivity contribution in [1.82, 2.24) is 4.90 Å². The van der Waals surface area contributed by atoms with Gasteiger partial charge in [0, 0.05) is 31.3 Å². The van der Waals surface area contributed by atoms with Crippen LogP contribution in [0.2, 0.25) is 0 Å². The molecule has 0 aliphatic carbocycles. The van der Waals surface area contributed by atoms with E-state index < -0.39 is 0 Å². The Kier molecular flexibility index (Phi) is 10.4. The van der Waals surface area contributed by atoms with Gasteiger partial charge in [0.2, 0.25) is 0 Å². The number of benzene rings is 3. The summed E-state index contributed by atoms with van der Waals surface area (Å²) in [6.07, 6.45) is 0. The van der Waals surface area contributed by atoms with Crippen molar-refractivity contribution in [3.8, 4) is 11.8 Å². The van der Waals surface area contributed by atoms with Crippen LogP contribution < -0.4 is 15.0 Å². The van der Waals surface area contributed by atoms with Gasteiger partial charge in [0.05, 0.1) is 46.8 Å². The predicted molar refractivity (Wildman–Crippen MR) is 169 cm³/mol. The maximum Gasteiger partial charge on any atom is 0.268 e. The number of methoxy groups -OCH3 is 1. The fraction of sp³-hybridized carbons (Fsp3) is 0.258. The molecule has 8 nitrogen and oxygen atoms in total. The summed E-state index contributed by atoms with van der Waals surface area (Å²) < 4.78 is 10.8. The van der Waals surface area contributed by atoms with Crippen LogP contribution in [0.5, 0.6) is 5.75 Å². The molecule has 0 aromatic heterocycles. The molecule has 1 amide bonds. The molecule has 1 aliphatic rings. The van der Waals surface area contributed by atoms with Crippen molar-refractivity contribution >= 4 is 52.5 Å². The van der Waals surface area contributed by atoms with E-state index in [1.54, 1.807) is 24.1 Å². The van der Waals surface area contributed by atoms with E-state index in [4.69, 9.17) is 27.1 Å². The maximum absolute atomic E-state index is 13.9. The molecule has 0 atom stereocenters. The zero-order chi connectivity index (χ0) is 29.4. The Bertz CT molecular complexity index is 1500. The van der Waals surface area contributed by atoms with Crippen molar-refractivity contribution in [2.75, 3.05) is 44.1 Å². The van der Waals surface area contributed by atoms with Gasteiger partial charge in [-0.25, -0.2) is 4.99 Å². The molecule has 4 rings (SSSR count). The first kappa shape index (κ1) is 30.1. The van der Waals surface area contributed by atoms with Crippen LogP contribution in [0.4, 0.5) is 17.1 Å². The second-order valence-corrected chi connectivity index (χ2v) is 10.7. The first-order chi connectivity index (χ1) is 19.9. The third kappa shape index (κ3) is 7.24. The summed E-state index contributed by atoms with van der Waals surface area (Å²) in [5, 5.41) is 13.3. The number of anilines is 2. The second kappa shape index (κ2) is 14.1. The van der Waals surface area contributed by atoms with E-state index >= 15 is 0 Å². The lowest BCUT2D eigenvalue weighted by Crippen LogP contribution is -2.29. The molecule has 10 heteroatoms. The Morgan fingerprint density at radius 1 is 1.15 bits per heavy atom. The lowest BCUT2D eigenvalue weighted by molar-refractivity contribution is -0.122. The maximum atomic E-state index is 13.9. The average molecular weight is 588 g/mol. The number of thioether (sulfide) groups is 1. The van der Waals surface area contributed by atoms with Crippen LogP contribution in [-0.4, -0.2) is 49.9 Å². The lowest BCUT2D eigenvalue weighted by Gasteiger charge is -2.23. The second-order valence-electron chi connectivity index (χ2n) is 9.21. The van der Waals surface area contributed by atoms with Crippen LogP contribution in [0.1, 0.15) is 25.0 Å². The Hall–Kier alpha value is -3.91. The highest BCUT2D eigenvalue weighted by Crippen LogP contribution is 2.40. The van der Waals surface area contributed by atoms with Crippen LogP contribution in [0.15, 0.2) is 87.2 Å². The molecule has 0 saturated carbocycles. The summed E-state index contributed by atoms with van der Waals surface area (Å²) in [5.41, 5.74) is 4.49. The summed E-state index contributed by atoms with van der Waals surface area (Å²) in [7, 11) is 3.54. The quantitative estimate of drug-likeness (QED) is 0.152. The van der Waals surface area contributed by atoms with Crippen molar-refractivity contribution in [2.24, 2.45) is 4.99 Å². The van der Waals surface area contributed by atoms with E-state index in [9.17, 15) is 10.1 Å². The molecule has 1 aliphatic heterocycles. The number of thiol groups is 1. The van der Waals surface area contributed by atoms with E-state index in [-0.39, 0.29) is 5.91 Å². The van der Waals surface area contributed by atoms with Crippen molar-refractivity contribution in [3.63, 3.8) is 0 Å². The molecule has 3 aromatic rings. The third-order valence-corrected chi connectivity index (χ3v) is 7.98. The predicted octanol–water partition coefficient (Wildman–Crippen LogP) is 6.43. The molecule has 0 spiro atoms. The minimum Gasteiger partial charge on any atom is -0.491 e. The smallest absolute Gasteiger partial charge is 0.268 e. The normalized spacial score (nSPS) is 15.2.